The molecule has 3 amide bonds. The Morgan fingerprint density at radius 2 is 1.76 bits per heavy atom. The summed E-state index contributed by atoms with van der Waals surface area (Å²) in [5.74, 6) is 0.0186. The molecular weight excluding hydrogens is 835 g/mol. The van der Waals surface area contributed by atoms with Crippen LogP contribution < -0.4 is 19.1 Å². The standard InChI is InChI=1S/C42H48ClN4O9PS2/c1-26-21-31-33(47(42(51)32-13-10-19-45(32)41(31)50)39(49)17-16-27(2)58-59-37-14-7-8-18-44-37)22-35(26)55-20-9-3-4-15-38(48)46-25-28(24-43)40-30-12-6-5-11-29(30)36(23-34(40)46)56-57(52,53)54/h5-8,11-12,14,18,21-23,27-28,32,42,51H,3-4,9-10,13,15-17,19-20,24-25H2,1-2H3,(H2,52,53,54)/t27?,28-,32+,42?/m1/s1. The highest BCUT2D eigenvalue weighted by atomic mass is 35.5. The molecule has 0 saturated carbocycles. The van der Waals surface area contributed by atoms with Crippen molar-refractivity contribution in [3.63, 3.8) is 0 Å². The van der Waals surface area contributed by atoms with E-state index in [9.17, 15) is 33.8 Å². The average molecular weight is 883 g/mol. The van der Waals surface area contributed by atoms with E-state index in [1.54, 1.807) is 61.8 Å². The number of unbranched alkanes of at least 4 members (excludes halogenated alkanes) is 2. The van der Waals surface area contributed by atoms with Crippen LogP contribution in [-0.4, -0.2) is 85.6 Å². The summed E-state index contributed by atoms with van der Waals surface area (Å²) in [4.78, 5) is 69.7. The van der Waals surface area contributed by atoms with Crippen LogP contribution in [0.2, 0.25) is 0 Å². The molecule has 0 radical (unpaired) electrons. The van der Waals surface area contributed by atoms with Gasteiger partial charge >= 0.3 is 7.82 Å². The molecule has 4 heterocycles. The highest BCUT2D eigenvalue weighted by molar-refractivity contribution is 8.76. The monoisotopic (exact) mass is 882 g/mol. The number of phosphoric ester groups is 1. The molecule has 13 nitrogen and oxygen atoms in total. The molecule has 1 saturated heterocycles. The first-order chi connectivity index (χ1) is 28.3. The molecule has 17 heteroatoms. The van der Waals surface area contributed by atoms with Crippen LogP contribution in [0.4, 0.5) is 11.4 Å². The van der Waals surface area contributed by atoms with Crippen LogP contribution in [0.3, 0.4) is 0 Å². The first-order valence-electron chi connectivity index (χ1n) is 19.8. The minimum Gasteiger partial charge on any atom is -0.493 e. The van der Waals surface area contributed by atoms with Gasteiger partial charge in [-0.1, -0.05) is 48.0 Å². The van der Waals surface area contributed by atoms with Crippen molar-refractivity contribution < 1.29 is 43.1 Å². The number of halogens is 1. The van der Waals surface area contributed by atoms with Gasteiger partial charge in [0.25, 0.3) is 5.91 Å². The van der Waals surface area contributed by atoms with Crippen LogP contribution in [0.1, 0.15) is 85.7 Å². The molecule has 7 rings (SSSR count). The van der Waals surface area contributed by atoms with E-state index in [1.807, 2.05) is 37.3 Å². The van der Waals surface area contributed by atoms with E-state index < -0.39 is 20.1 Å². The first-order valence-corrected chi connectivity index (χ1v) is 24.1. The summed E-state index contributed by atoms with van der Waals surface area (Å²) in [5, 5.41) is 14.0. The zero-order valence-electron chi connectivity index (χ0n) is 32.9. The molecule has 0 bridgehead atoms. The molecule has 0 spiro atoms. The van der Waals surface area contributed by atoms with Crippen LogP contribution in [0.15, 0.2) is 71.9 Å². The number of anilines is 2. The Morgan fingerprint density at radius 1 is 1.00 bits per heavy atom. The third-order valence-electron chi connectivity index (χ3n) is 11.0. The fraction of sp³-hybridized carbons (Fsp3) is 0.429. The Balaban J connectivity index is 0.985. The minimum absolute atomic E-state index is 0.00181. The second-order valence-electron chi connectivity index (χ2n) is 15.2. The third-order valence-corrected chi connectivity index (χ3v) is 14.7. The predicted octanol–water partition coefficient (Wildman–Crippen LogP) is 8.20. The Bertz CT molecular complexity index is 2250. The summed E-state index contributed by atoms with van der Waals surface area (Å²) in [6.07, 6.45) is 4.77. The van der Waals surface area contributed by atoms with Crippen molar-refractivity contribution in [2.45, 2.75) is 93.7 Å². The van der Waals surface area contributed by atoms with Crippen LogP contribution in [-0.2, 0) is 14.2 Å². The topological polar surface area (TPSA) is 170 Å². The Morgan fingerprint density at radius 3 is 2.51 bits per heavy atom. The average Bonchev–Trinajstić information content (AvgIpc) is 3.85. The highest BCUT2D eigenvalue weighted by Gasteiger charge is 2.44. The van der Waals surface area contributed by atoms with Crippen molar-refractivity contribution in [3.8, 4) is 11.5 Å². The molecule has 59 heavy (non-hydrogen) atoms. The quantitative estimate of drug-likeness (QED) is 0.0428. The Hall–Kier alpha value is -3.82. The van der Waals surface area contributed by atoms with Crippen molar-refractivity contribution in [3.05, 3.63) is 83.6 Å². The lowest BCUT2D eigenvalue weighted by atomic mass is 9.95. The van der Waals surface area contributed by atoms with Gasteiger partial charge in [-0.3, -0.25) is 29.1 Å². The van der Waals surface area contributed by atoms with Gasteiger partial charge in [0.15, 0.2) is 6.23 Å². The Kier molecular flexibility index (Phi) is 13.8. The lowest BCUT2D eigenvalue weighted by molar-refractivity contribution is -0.121. The summed E-state index contributed by atoms with van der Waals surface area (Å²) in [6.45, 7) is 5.10. The van der Waals surface area contributed by atoms with E-state index in [4.69, 9.17) is 20.9 Å². The van der Waals surface area contributed by atoms with E-state index >= 15 is 0 Å². The van der Waals surface area contributed by atoms with Gasteiger partial charge < -0.3 is 24.2 Å². The van der Waals surface area contributed by atoms with Crippen LogP contribution in [0.25, 0.3) is 10.8 Å². The SMILES string of the molecule is Cc1cc2c(cc1OCCCCCC(=O)N1C[C@@H](CCl)c3c1cc(OP(=O)(O)O)c1ccccc31)N(C(=O)CCC(C)SSc1ccccn1)C(O)[C@@H]1CCCN1C2=O. The summed E-state index contributed by atoms with van der Waals surface area (Å²) in [6, 6.07) is 17.4. The third kappa shape index (κ3) is 9.72. The summed E-state index contributed by atoms with van der Waals surface area (Å²) in [5.41, 5.74) is 2.84. The fourth-order valence-corrected chi connectivity index (χ4v) is 10.9. The fourth-order valence-electron chi connectivity index (χ4n) is 8.18. The van der Waals surface area contributed by atoms with Crippen LogP contribution >= 0.6 is 41.0 Å². The number of carbonyl (C=O) groups excluding carboxylic acids is 3. The minimum atomic E-state index is -4.87. The number of nitrogens with zero attached hydrogens (tertiary/aromatic N) is 4. The normalized spacial score (nSPS) is 19.3. The molecule has 0 aliphatic carbocycles. The van der Waals surface area contributed by atoms with Gasteiger partial charge in [-0.05, 0) is 91.0 Å². The maximum atomic E-state index is 14.0. The van der Waals surface area contributed by atoms with E-state index in [1.165, 1.54) is 11.0 Å². The second-order valence-corrected chi connectivity index (χ2v) is 19.3. The largest absolute Gasteiger partial charge is 0.524 e. The van der Waals surface area contributed by atoms with Gasteiger partial charge in [-0.2, -0.15) is 0 Å². The van der Waals surface area contributed by atoms with E-state index in [2.05, 4.69) is 11.9 Å². The number of phosphoric acid groups is 1. The molecule has 4 aromatic rings. The number of amides is 3. The number of hydrogen-bond acceptors (Lipinski definition) is 10. The number of benzene rings is 3. The van der Waals surface area contributed by atoms with Gasteiger partial charge in [-0.25, -0.2) is 9.55 Å². The zero-order valence-corrected chi connectivity index (χ0v) is 36.2. The van der Waals surface area contributed by atoms with Gasteiger partial charge in [0.05, 0.1) is 29.6 Å². The summed E-state index contributed by atoms with van der Waals surface area (Å²) >= 11 is 6.37. The smallest absolute Gasteiger partial charge is 0.493 e. The van der Waals surface area contributed by atoms with Crippen LogP contribution in [0.5, 0.6) is 11.5 Å². The number of alkyl halides is 1. The van der Waals surface area contributed by atoms with Gasteiger partial charge in [-0.15, -0.1) is 11.6 Å². The van der Waals surface area contributed by atoms with E-state index in [-0.39, 0.29) is 53.4 Å². The van der Waals surface area contributed by atoms with Crippen molar-refractivity contribution in [2.75, 3.05) is 35.4 Å². The molecule has 1 fully saturated rings. The number of pyridine rings is 1. The van der Waals surface area contributed by atoms with E-state index in [0.717, 1.165) is 28.0 Å². The molecule has 3 aliphatic heterocycles. The maximum Gasteiger partial charge on any atom is 0.524 e. The van der Waals surface area contributed by atoms with Crippen molar-refractivity contribution in [1.82, 2.24) is 9.88 Å². The number of aromatic nitrogens is 1. The van der Waals surface area contributed by atoms with Crippen LogP contribution in [0, 0.1) is 6.92 Å². The number of hydrogen-bond donors (Lipinski definition) is 3. The molecule has 4 atom stereocenters. The molecule has 2 unspecified atom stereocenters. The summed E-state index contributed by atoms with van der Waals surface area (Å²) < 4.78 is 23.1. The van der Waals surface area contributed by atoms with Gasteiger partial charge in [0.1, 0.15) is 16.5 Å². The molecule has 3 N–H and O–H groups in total. The second kappa shape index (κ2) is 18.8. The summed E-state index contributed by atoms with van der Waals surface area (Å²) in [7, 11) is -1.67. The van der Waals surface area contributed by atoms with E-state index in [0.29, 0.717) is 79.9 Å². The van der Waals surface area contributed by atoms with Crippen molar-refractivity contribution in [1.29, 1.82) is 0 Å². The zero-order chi connectivity index (χ0) is 41.8. The van der Waals surface area contributed by atoms with Crippen molar-refractivity contribution >= 4 is 80.9 Å². The Labute approximate surface area is 356 Å². The first kappa shape index (κ1) is 43.3. The number of aliphatic hydroxyl groups excluding tert-OH is 1. The van der Waals surface area contributed by atoms with Gasteiger partial charge in [0, 0.05) is 66.7 Å². The number of aryl methyl sites for hydroxylation is 1. The highest BCUT2D eigenvalue weighted by Crippen LogP contribution is 2.49. The number of aliphatic hydroxyl groups is 1. The van der Waals surface area contributed by atoms with Crippen molar-refractivity contribution in [2.24, 2.45) is 0 Å². The number of rotatable bonds is 16. The lowest BCUT2D eigenvalue weighted by Crippen LogP contribution is -2.50. The maximum absolute atomic E-state index is 14.0. The van der Waals surface area contributed by atoms with Gasteiger partial charge in [0.2, 0.25) is 11.8 Å². The molecule has 3 aliphatic rings. The predicted molar refractivity (Wildman–Crippen MR) is 232 cm³/mol. The number of fused-ring (bicyclic) bond motifs is 5. The lowest BCUT2D eigenvalue weighted by Gasteiger charge is -2.32. The molecule has 1 aromatic heterocycles. The molecule has 3 aromatic carbocycles. The number of ether oxygens (including phenoxy) is 1. The number of carbonyl (C=O) groups is 3. The molecular formula is C42H48ClN4O9PS2. The molecule has 314 valence electrons.